The van der Waals surface area contributed by atoms with Crippen LogP contribution in [0.1, 0.15) is 35.2 Å². The van der Waals surface area contributed by atoms with Crippen LogP contribution in [0.15, 0.2) is 54.6 Å². The molecule has 1 saturated heterocycles. The van der Waals surface area contributed by atoms with Crippen molar-refractivity contribution in [1.29, 1.82) is 0 Å². The van der Waals surface area contributed by atoms with E-state index in [9.17, 15) is 15.0 Å². The summed E-state index contributed by atoms with van der Waals surface area (Å²) in [6, 6.07) is 17.2. The molecule has 2 aromatic carbocycles. The lowest BCUT2D eigenvalue weighted by Gasteiger charge is -2.19. The molecule has 0 unspecified atom stereocenters. The molecule has 4 atom stereocenters. The molecule has 1 aliphatic carbocycles. The van der Waals surface area contributed by atoms with Gasteiger partial charge in [0.1, 0.15) is 5.75 Å². The van der Waals surface area contributed by atoms with E-state index in [4.69, 9.17) is 14.6 Å². The predicted molar refractivity (Wildman–Crippen MR) is 115 cm³/mol. The Bertz CT molecular complexity index is 889. The van der Waals surface area contributed by atoms with Crippen LogP contribution >= 0.6 is 0 Å². The SMILES string of the molecule is CCCOc1ccccc1C(=O)N1C[C@H](O)[C@@]2(C1)[C@H](CO)[C@H]2c1ccccc1.O=CO. The molecule has 2 aliphatic rings. The maximum Gasteiger partial charge on any atom is 0.290 e. The van der Waals surface area contributed by atoms with Crippen molar-refractivity contribution in [2.24, 2.45) is 11.3 Å². The van der Waals surface area contributed by atoms with Crippen LogP contribution < -0.4 is 4.74 Å². The smallest absolute Gasteiger partial charge is 0.290 e. The summed E-state index contributed by atoms with van der Waals surface area (Å²) in [7, 11) is 0. The Balaban J connectivity index is 0.000000858. The standard InChI is InChI=1S/C23H27NO4.CH2O2/c1-2-12-28-19-11-7-6-10-17(19)22(27)24-13-20(26)23(15-24)18(14-25)21(23)16-8-4-3-5-9-16;2-1-3/h3-11,18,20-21,25-26H,2,12-15H2,1H3;1H,(H,2,3)/t18-,20+,21-,23-;/m1./s1. The van der Waals surface area contributed by atoms with Crippen LogP contribution in [0.4, 0.5) is 0 Å². The number of aliphatic hydroxyl groups excluding tert-OH is 2. The number of para-hydroxylation sites is 1. The number of benzene rings is 2. The lowest BCUT2D eigenvalue weighted by molar-refractivity contribution is -0.122. The van der Waals surface area contributed by atoms with Crippen molar-refractivity contribution in [1.82, 2.24) is 4.90 Å². The van der Waals surface area contributed by atoms with Crippen molar-refractivity contribution in [2.75, 3.05) is 26.3 Å². The van der Waals surface area contributed by atoms with Crippen molar-refractivity contribution < 1.29 is 29.6 Å². The van der Waals surface area contributed by atoms with E-state index in [2.05, 4.69) is 0 Å². The fourth-order valence-electron chi connectivity index (χ4n) is 4.87. The first-order valence-corrected chi connectivity index (χ1v) is 10.5. The van der Waals surface area contributed by atoms with Gasteiger partial charge in [0.15, 0.2) is 0 Å². The van der Waals surface area contributed by atoms with Crippen molar-refractivity contribution in [3.8, 4) is 5.75 Å². The number of rotatable bonds is 6. The molecule has 2 aromatic rings. The van der Waals surface area contributed by atoms with Crippen LogP contribution in [0.3, 0.4) is 0 Å². The number of likely N-dealkylation sites (tertiary alicyclic amines) is 1. The number of hydrogen-bond acceptors (Lipinski definition) is 5. The molecule has 1 spiro atoms. The Labute approximate surface area is 181 Å². The molecule has 1 aliphatic heterocycles. The van der Waals surface area contributed by atoms with E-state index in [1.807, 2.05) is 55.5 Å². The topological polar surface area (TPSA) is 107 Å². The van der Waals surface area contributed by atoms with Gasteiger partial charge in [0.05, 0.1) is 18.3 Å². The number of amides is 1. The largest absolute Gasteiger partial charge is 0.493 e. The number of nitrogens with zero attached hydrogens (tertiary/aromatic N) is 1. The highest BCUT2D eigenvalue weighted by Crippen LogP contribution is 2.68. The average molecular weight is 427 g/mol. The van der Waals surface area contributed by atoms with Gasteiger partial charge in [-0.05, 0) is 36.0 Å². The van der Waals surface area contributed by atoms with Crippen LogP contribution in [0.5, 0.6) is 5.75 Å². The van der Waals surface area contributed by atoms with E-state index in [-0.39, 0.29) is 37.4 Å². The van der Waals surface area contributed by atoms with E-state index in [0.29, 0.717) is 24.5 Å². The van der Waals surface area contributed by atoms with Gasteiger partial charge in [0.2, 0.25) is 0 Å². The van der Waals surface area contributed by atoms with Gasteiger partial charge in [-0.25, -0.2) is 0 Å². The summed E-state index contributed by atoms with van der Waals surface area (Å²) in [5.74, 6) is 0.490. The van der Waals surface area contributed by atoms with Gasteiger partial charge in [0, 0.05) is 25.1 Å². The van der Waals surface area contributed by atoms with Crippen LogP contribution in [-0.2, 0) is 4.79 Å². The molecular formula is C24H29NO6. The monoisotopic (exact) mass is 427 g/mol. The Morgan fingerprint density at radius 3 is 2.48 bits per heavy atom. The minimum atomic E-state index is -0.650. The van der Waals surface area contributed by atoms with Crippen molar-refractivity contribution in [3.63, 3.8) is 0 Å². The number of carboxylic acid groups (broad SMARTS) is 1. The number of hydrogen-bond donors (Lipinski definition) is 3. The molecule has 7 nitrogen and oxygen atoms in total. The second kappa shape index (κ2) is 9.94. The Morgan fingerprint density at radius 2 is 1.84 bits per heavy atom. The molecule has 166 valence electrons. The number of carbonyl (C=O) groups is 2. The molecule has 7 heteroatoms. The maximum absolute atomic E-state index is 13.2. The first-order chi connectivity index (χ1) is 15.0. The second-order valence-corrected chi connectivity index (χ2v) is 7.94. The molecule has 0 aromatic heterocycles. The maximum atomic E-state index is 13.2. The zero-order chi connectivity index (χ0) is 22.4. The van der Waals surface area contributed by atoms with Gasteiger partial charge in [-0.15, -0.1) is 0 Å². The van der Waals surface area contributed by atoms with Crippen LogP contribution in [0, 0.1) is 11.3 Å². The minimum absolute atomic E-state index is 0.00878. The first kappa shape index (κ1) is 22.8. The number of aliphatic hydroxyl groups is 2. The van der Waals surface area contributed by atoms with Crippen LogP contribution in [-0.4, -0.2) is 65.0 Å². The number of ether oxygens (including phenoxy) is 1. The van der Waals surface area contributed by atoms with Gasteiger partial charge in [-0.3, -0.25) is 9.59 Å². The van der Waals surface area contributed by atoms with Gasteiger partial charge < -0.3 is 25.0 Å². The average Bonchev–Trinajstić information content (AvgIpc) is 3.33. The summed E-state index contributed by atoms with van der Waals surface area (Å²) >= 11 is 0. The summed E-state index contributed by atoms with van der Waals surface area (Å²) in [4.78, 5) is 23.3. The number of β-amino-alcohol motifs (C(OH)–C–C–N with tert-alkyl or cyclic N) is 1. The minimum Gasteiger partial charge on any atom is -0.493 e. The third-order valence-corrected chi connectivity index (χ3v) is 6.26. The molecule has 1 saturated carbocycles. The lowest BCUT2D eigenvalue weighted by Crippen LogP contribution is -2.30. The number of carbonyl (C=O) groups excluding carboxylic acids is 1. The fraction of sp³-hybridized carbons (Fsp3) is 0.417. The molecule has 4 rings (SSSR count). The van der Waals surface area contributed by atoms with Crippen molar-refractivity contribution in [3.05, 3.63) is 65.7 Å². The van der Waals surface area contributed by atoms with Crippen molar-refractivity contribution in [2.45, 2.75) is 25.4 Å². The fourth-order valence-corrected chi connectivity index (χ4v) is 4.87. The van der Waals surface area contributed by atoms with Gasteiger partial charge in [-0.1, -0.05) is 49.4 Å². The molecule has 2 fully saturated rings. The molecule has 0 bridgehead atoms. The summed E-state index contributed by atoms with van der Waals surface area (Å²) in [5.41, 5.74) is 1.17. The Kier molecular flexibility index (Phi) is 7.30. The van der Waals surface area contributed by atoms with E-state index >= 15 is 0 Å². The molecule has 31 heavy (non-hydrogen) atoms. The molecule has 1 heterocycles. The molecule has 1 amide bonds. The van der Waals surface area contributed by atoms with E-state index in [1.165, 1.54) is 0 Å². The van der Waals surface area contributed by atoms with E-state index in [1.54, 1.807) is 11.0 Å². The van der Waals surface area contributed by atoms with Crippen LogP contribution in [0.25, 0.3) is 0 Å². The summed E-state index contributed by atoms with van der Waals surface area (Å²) < 4.78 is 5.74. The second-order valence-electron chi connectivity index (χ2n) is 7.94. The Hall–Kier alpha value is -2.90. The lowest BCUT2D eigenvalue weighted by atomic mass is 9.95. The Morgan fingerprint density at radius 1 is 1.19 bits per heavy atom. The first-order valence-electron chi connectivity index (χ1n) is 10.5. The zero-order valence-electron chi connectivity index (χ0n) is 17.6. The third kappa shape index (κ3) is 4.29. The summed E-state index contributed by atoms with van der Waals surface area (Å²) in [6.07, 6.45) is 0.216. The highest BCUT2D eigenvalue weighted by atomic mass is 16.5. The van der Waals surface area contributed by atoms with Gasteiger partial charge >= 0.3 is 0 Å². The quantitative estimate of drug-likeness (QED) is 0.611. The normalized spacial score (nSPS) is 26.2. The molecule has 3 N–H and O–H groups in total. The van der Waals surface area contributed by atoms with Gasteiger partial charge in [-0.2, -0.15) is 0 Å². The van der Waals surface area contributed by atoms with E-state index < -0.39 is 11.5 Å². The predicted octanol–water partition coefficient (Wildman–Crippen LogP) is 2.39. The zero-order valence-corrected chi connectivity index (χ0v) is 17.6. The van der Waals surface area contributed by atoms with E-state index in [0.717, 1.165) is 12.0 Å². The van der Waals surface area contributed by atoms with Crippen LogP contribution in [0.2, 0.25) is 0 Å². The van der Waals surface area contributed by atoms with Gasteiger partial charge in [0.25, 0.3) is 12.4 Å². The highest BCUT2D eigenvalue weighted by Gasteiger charge is 2.71. The highest BCUT2D eigenvalue weighted by molar-refractivity contribution is 5.97. The molecular weight excluding hydrogens is 398 g/mol. The summed E-state index contributed by atoms with van der Waals surface area (Å²) in [6.45, 7) is 3.06. The summed E-state index contributed by atoms with van der Waals surface area (Å²) in [5, 5.41) is 27.7. The van der Waals surface area contributed by atoms with Crippen molar-refractivity contribution >= 4 is 12.4 Å². The molecule has 0 radical (unpaired) electrons. The third-order valence-electron chi connectivity index (χ3n) is 6.26.